The Balaban J connectivity index is 5.07. The fraction of sp³-hybridized carbons (Fsp3) is 0. The van der Waals surface area contributed by atoms with E-state index in [1.165, 1.54) is 0 Å². The van der Waals surface area contributed by atoms with Gasteiger partial charge in [-0.3, -0.25) is 0 Å². The Kier molecular flexibility index (Phi) is 47.2. The minimum Gasteiger partial charge on any atom is -0.419 e. The molecule has 4 radical (unpaired) electrons. The summed E-state index contributed by atoms with van der Waals surface area (Å²) in [5.41, 5.74) is 13.9. The summed E-state index contributed by atoms with van der Waals surface area (Å²) in [5, 5.41) is 8.16. The van der Waals surface area contributed by atoms with E-state index >= 15 is 0 Å². The van der Waals surface area contributed by atoms with Crippen LogP contribution in [-0.2, 0) is 0 Å². The smallest absolute Gasteiger partial charge is 0.174 e. The van der Waals surface area contributed by atoms with Crippen molar-refractivity contribution in [2.45, 2.75) is 0 Å². The van der Waals surface area contributed by atoms with Gasteiger partial charge in [0.05, 0.1) is 0 Å². The molecule has 0 atom stereocenters. The fourth-order valence-electron chi connectivity index (χ4n) is 3.52. The first-order chi connectivity index (χ1) is 21.6. The Morgan fingerprint density at radius 3 is 0.723 bits per heavy atom. The van der Waals surface area contributed by atoms with Crippen molar-refractivity contribution in [3.05, 3.63) is 0 Å². The molecule has 0 unspecified atom stereocenters. The summed E-state index contributed by atoms with van der Waals surface area (Å²) >= 11 is 52.1. The second-order valence-corrected chi connectivity index (χ2v) is 37.2. The predicted octanol–water partition coefficient (Wildman–Crippen LogP) is 6.90. The van der Waals surface area contributed by atoms with E-state index in [-0.39, 0.29) is 13.3 Å². The number of nitrogens with one attached hydrogen (secondary N) is 1. The van der Waals surface area contributed by atoms with Crippen LogP contribution in [0.3, 0.4) is 0 Å². The van der Waals surface area contributed by atoms with Crippen LogP contribution >= 0.6 is 447 Å². The van der Waals surface area contributed by atoms with Gasteiger partial charge in [0.15, 0.2) is 116 Å². The van der Waals surface area contributed by atoms with Crippen LogP contribution in [0.15, 0.2) is 0 Å². The minimum atomic E-state index is 0.149. The highest BCUT2D eigenvalue weighted by Gasteiger charge is 2.52. The third kappa shape index (κ3) is 23.3. The molecule has 5 N–H and O–H groups in total. The summed E-state index contributed by atoms with van der Waals surface area (Å²) < 4.78 is 8.58. The fourth-order valence-corrected chi connectivity index (χ4v) is 29.4. The summed E-state index contributed by atoms with van der Waals surface area (Å²) in [6.45, 7) is 0.298. The maximum atomic E-state index is 6.95. The molecule has 232 valence electrons. The first-order valence-electron chi connectivity index (χ1n) is 12.9. The number of nitrogens with two attached hydrogens (primary N) is 2. The van der Waals surface area contributed by atoms with Gasteiger partial charge in [-0.1, -0.05) is 0 Å². The molecule has 0 aromatic carbocycles. The molecule has 0 aliphatic carbocycles. The van der Waals surface area contributed by atoms with Gasteiger partial charge in [0.2, 0.25) is 0 Å². The van der Waals surface area contributed by atoms with E-state index in [1.54, 1.807) is 0 Å². The number of halogens is 20. The zero-order valence-corrected chi connectivity index (χ0v) is 66.2. The number of rotatable bonds is 24. The second-order valence-electron chi connectivity index (χ2n) is 9.91. The molecule has 0 aromatic heterocycles. The predicted molar refractivity (Wildman–Crippen MR) is 430 cm³/mol. The van der Waals surface area contributed by atoms with Crippen molar-refractivity contribution in [1.82, 2.24) is 5.14 Å². The third-order valence-corrected chi connectivity index (χ3v) is 56.5. The Morgan fingerprint density at radius 2 is 0.489 bits per heavy atom. The molecule has 0 spiro atoms. The van der Waals surface area contributed by atoms with Crippen molar-refractivity contribution in [3.63, 3.8) is 0 Å². The van der Waals surface area contributed by atoms with Gasteiger partial charge in [-0.15, -0.1) is 0 Å². The molecule has 0 aromatic rings. The molecule has 0 aliphatic rings. The van der Waals surface area contributed by atoms with Gasteiger partial charge >= 0.3 is 0 Å². The lowest BCUT2D eigenvalue weighted by molar-refractivity contribution is 1.65. The van der Waals surface area contributed by atoms with Gasteiger partial charge in [-0.2, -0.15) is 447 Å². The Morgan fingerprint density at radius 1 is 0.298 bits per heavy atom. The third-order valence-electron chi connectivity index (χ3n) is 6.48. The summed E-state index contributed by atoms with van der Waals surface area (Å²) in [6.07, 6.45) is 0. The molecule has 3 nitrogen and oxygen atoms in total. The first-order valence-corrected chi connectivity index (χ1v) is 37.9. The van der Waals surface area contributed by atoms with E-state index in [0.717, 1.165) is 0 Å². The molecule has 47 heavy (non-hydrogen) atoms. The molecule has 47 heteroatoms. The lowest BCUT2D eigenvalue weighted by atomic mass is 8.83. The summed E-state index contributed by atoms with van der Waals surface area (Å²) in [5.74, 6) is 0. The minimum absolute atomic E-state index is 0.149. The average molecular weight is 2840 g/mol. The lowest BCUT2D eigenvalue weighted by Gasteiger charge is -2.27. The van der Waals surface area contributed by atoms with Crippen LogP contribution in [0.25, 0.3) is 0 Å². The number of hydrogen-bond acceptors (Lipinski definition) is 3. The molecule has 0 bridgehead atoms. The van der Waals surface area contributed by atoms with Crippen LogP contribution in [0, 0.1) is 0 Å². The van der Waals surface area contributed by atoms with Crippen molar-refractivity contribution in [2.75, 3.05) is 0 Å². The summed E-state index contributed by atoms with van der Waals surface area (Å²) in [7, 11) is 4.56. The van der Waals surface area contributed by atoms with Crippen molar-refractivity contribution in [3.8, 4) is 0 Å². The van der Waals surface area contributed by atoms with Crippen LogP contribution < -0.4 is 16.4 Å². The zero-order valence-electron chi connectivity index (χ0n) is 23.1. The SMILES string of the molecule is NB(B(I)B(I)B(I)B(I)[B]I)B(I)B(I)B(I)B(I)B(I)[B]N[B]B(I)B(I)B(I)B(I)B(I)B(N)B(I)B(I)B(I)B(I)[B]I. The van der Waals surface area contributed by atoms with Crippen LogP contribution in [-0.4, -0.2) is 116 Å². The maximum absolute atomic E-state index is 6.95. The van der Waals surface area contributed by atoms with Crippen LogP contribution in [0.5, 0.6) is 0 Å². The highest BCUT2D eigenvalue weighted by Crippen LogP contribution is 2.28. The van der Waals surface area contributed by atoms with Crippen LogP contribution in [0.1, 0.15) is 0 Å². The van der Waals surface area contributed by atoms with E-state index in [4.69, 9.17) is 11.3 Å². The molecule has 0 aliphatic heterocycles. The standard InChI is InChI=1S/B24H5I20N3/c25-1-5(27)9(31)15(37)19(41)23(45)21(43)17(39)13(35)11(33)7(29)3-47-4-8(30)12(34)14(36)18(40)22(44)24(46)20(42)16(38)10(32)6(28)2-26/h47H,45-46H2. The molecule has 0 fully saturated rings. The largest absolute Gasteiger partial charge is 0.419 e. The van der Waals surface area contributed by atoms with Gasteiger partial charge in [0.25, 0.3) is 0 Å². The molecule has 0 saturated carbocycles. The second kappa shape index (κ2) is 35.2. The Bertz CT molecular complexity index is 779. The monoisotopic (exact) mass is 2850 g/mol. The molecule has 0 amide bonds. The number of hydrogen-bond donors (Lipinski definition) is 3. The molecule has 0 saturated heterocycles. The lowest BCUT2D eigenvalue weighted by Crippen LogP contribution is -2.67. The van der Waals surface area contributed by atoms with Crippen molar-refractivity contribution in [2.24, 2.45) is 11.3 Å². The van der Waals surface area contributed by atoms with Crippen molar-refractivity contribution >= 4 is 564 Å². The van der Waals surface area contributed by atoms with Crippen LogP contribution in [0.4, 0.5) is 0 Å². The molecule has 0 heterocycles. The maximum Gasteiger partial charge on any atom is 0.174 e. The Labute approximate surface area is 563 Å². The molecular weight excluding hydrogens is 2840 g/mol. The Hall–Kier alpha value is 16.0. The van der Waals surface area contributed by atoms with Crippen LogP contribution in [0.2, 0.25) is 0 Å². The van der Waals surface area contributed by atoms with Crippen molar-refractivity contribution < 1.29 is 0 Å². The van der Waals surface area contributed by atoms with Gasteiger partial charge < -0.3 is 16.4 Å². The first kappa shape index (κ1) is 63.0. The topological polar surface area (TPSA) is 64.1 Å². The quantitative estimate of drug-likeness (QED) is 0.0730. The highest BCUT2D eigenvalue weighted by molar-refractivity contribution is 14.2. The normalized spacial score (nSPS) is 10.0. The van der Waals surface area contributed by atoms with Gasteiger partial charge in [0, 0.05) is 0 Å². The van der Waals surface area contributed by atoms with E-state index < -0.39 is 0 Å². The van der Waals surface area contributed by atoms with E-state index in [1.807, 2.05) is 0 Å². The van der Waals surface area contributed by atoms with Gasteiger partial charge in [-0.25, -0.2) is 0 Å². The zero-order chi connectivity index (χ0) is 37.1. The highest BCUT2D eigenvalue weighted by atomic mass is 127. The molecular formula is H5B24I20N3. The average Bonchev–Trinajstić information content (AvgIpc) is 3.08. The summed E-state index contributed by atoms with van der Waals surface area (Å²) in [6, 6.07) is 0. The van der Waals surface area contributed by atoms with E-state index in [9.17, 15) is 0 Å². The molecule has 0 rings (SSSR count). The van der Waals surface area contributed by atoms with Gasteiger partial charge in [-0.05, 0) is 0 Å². The van der Waals surface area contributed by atoms with Gasteiger partial charge in [0.1, 0.15) is 0 Å². The van der Waals surface area contributed by atoms with E-state index in [0.29, 0.717) is 78.3 Å². The van der Waals surface area contributed by atoms with E-state index in [2.05, 4.69) is 477 Å². The summed E-state index contributed by atoms with van der Waals surface area (Å²) in [4.78, 5) is 0. The van der Waals surface area contributed by atoms with Crippen molar-refractivity contribution in [1.29, 1.82) is 0 Å².